The van der Waals surface area contributed by atoms with Gasteiger partial charge < -0.3 is 10.6 Å². The van der Waals surface area contributed by atoms with Crippen molar-refractivity contribution >= 4 is 17.3 Å². The van der Waals surface area contributed by atoms with Crippen molar-refractivity contribution in [1.82, 2.24) is 15.6 Å². The maximum absolute atomic E-state index is 4.61. The van der Waals surface area contributed by atoms with Crippen LogP contribution in [-0.2, 0) is 6.54 Å². The Morgan fingerprint density at radius 3 is 2.70 bits per heavy atom. The van der Waals surface area contributed by atoms with Crippen molar-refractivity contribution in [3.63, 3.8) is 0 Å². The van der Waals surface area contributed by atoms with Crippen LogP contribution in [0.1, 0.15) is 63.1 Å². The summed E-state index contributed by atoms with van der Waals surface area (Å²) >= 11 is 1.71. The molecular weight excluding hydrogens is 268 g/mol. The quantitative estimate of drug-likeness (QED) is 0.438. The molecule has 0 fully saturated rings. The number of hydrogen-bond donors (Lipinski definition) is 2. The Labute approximate surface area is 127 Å². The first-order valence-electron chi connectivity index (χ1n) is 7.56. The molecule has 0 bridgehead atoms. The topological polar surface area (TPSA) is 49.3 Å². The lowest BCUT2D eigenvalue weighted by Crippen LogP contribution is -2.37. The average molecular weight is 296 g/mol. The smallest absolute Gasteiger partial charge is 0.191 e. The zero-order chi connectivity index (χ0) is 14.8. The molecule has 0 atom stereocenters. The van der Waals surface area contributed by atoms with E-state index in [9.17, 15) is 0 Å². The van der Waals surface area contributed by atoms with Gasteiger partial charge in [0.25, 0.3) is 0 Å². The molecule has 1 rings (SSSR count). The van der Waals surface area contributed by atoms with Gasteiger partial charge in [0, 0.05) is 19.0 Å². The van der Waals surface area contributed by atoms with Gasteiger partial charge in [-0.2, -0.15) is 0 Å². The summed E-state index contributed by atoms with van der Waals surface area (Å²) in [6.07, 6.45) is 5.06. The number of thiazole rings is 1. The first-order chi connectivity index (χ1) is 9.67. The third-order valence-corrected chi connectivity index (χ3v) is 3.98. The summed E-state index contributed by atoms with van der Waals surface area (Å²) in [6.45, 7) is 8.29. The molecule has 0 saturated carbocycles. The van der Waals surface area contributed by atoms with Crippen molar-refractivity contribution in [2.45, 2.75) is 58.9 Å². The molecule has 0 aliphatic rings. The summed E-state index contributed by atoms with van der Waals surface area (Å²) in [5.74, 6) is 1.36. The number of rotatable bonds is 8. The van der Waals surface area contributed by atoms with Crippen LogP contribution in [0.25, 0.3) is 0 Å². The largest absolute Gasteiger partial charge is 0.356 e. The van der Waals surface area contributed by atoms with Crippen molar-refractivity contribution in [3.8, 4) is 0 Å². The molecule has 0 saturated heterocycles. The first kappa shape index (κ1) is 17.0. The third kappa shape index (κ3) is 6.37. The molecule has 5 heteroatoms. The molecule has 1 aromatic rings. The third-order valence-electron chi connectivity index (χ3n) is 3.11. The Balaban J connectivity index is 2.26. The van der Waals surface area contributed by atoms with Crippen LogP contribution >= 0.6 is 11.3 Å². The number of hydrogen-bond acceptors (Lipinski definition) is 3. The van der Waals surface area contributed by atoms with E-state index in [0.29, 0.717) is 5.92 Å². The van der Waals surface area contributed by atoms with Gasteiger partial charge in [-0.25, -0.2) is 4.98 Å². The summed E-state index contributed by atoms with van der Waals surface area (Å²) in [7, 11) is 1.81. The lowest BCUT2D eigenvalue weighted by atomic mass is 10.2. The fourth-order valence-electron chi connectivity index (χ4n) is 1.81. The number of unbranched alkanes of at least 4 members (excludes halogenated alkanes) is 3. The lowest BCUT2D eigenvalue weighted by Gasteiger charge is -2.10. The van der Waals surface area contributed by atoms with E-state index in [4.69, 9.17) is 0 Å². The molecule has 0 aromatic carbocycles. The van der Waals surface area contributed by atoms with Crippen LogP contribution in [-0.4, -0.2) is 24.5 Å². The van der Waals surface area contributed by atoms with Crippen molar-refractivity contribution < 1.29 is 0 Å². The van der Waals surface area contributed by atoms with Crippen molar-refractivity contribution in [3.05, 3.63) is 16.1 Å². The Kier molecular flexibility index (Phi) is 8.26. The summed E-state index contributed by atoms with van der Waals surface area (Å²) in [6, 6.07) is 0. The molecule has 0 spiro atoms. The summed E-state index contributed by atoms with van der Waals surface area (Å²) in [5, 5.41) is 9.91. The van der Waals surface area contributed by atoms with Gasteiger partial charge in [-0.3, -0.25) is 4.99 Å². The maximum Gasteiger partial charge on any atom is 0.191 e. The SMILES string of the molecule is CCCCCCNC(=NC)NCc1nc(C(C)C)cs1. The summed E-state index contributed by atoms with van der Waals surface area (Å²) in [5.41, 5.74) is 1.18. The summed E-state index contributed by atoms with van der Waals surface area (Å²) < 4.78 is 0. The minimum Gasteiger partial charge on any atom is -0.356 e. The maximum atomic E-state index is 4.61. The van der Waals surface area contributed by atoms with E-state index in [1.807, 2.05) is 7.05 Å². The predicted molar refractivity (Wildman–Crippen MR) is 88.5 cm³/mol. The molecule has 0 aliphatic carbocycles. The monoisotopic (exact) mass is 296 g/mol. The number of nitrogens with one attached hydrogen (secondary N) is 2. The van der Waals surface area contributed by atoms with E-state index >= 15 is 0 Å². The van der Waals surface area contributed by atoms with Crippen LogP contribution in [0.2, 0.25) is 0 Å². The molecule has 0 amide bonds. The van der Waals surface area contributed by atoms with E-state index in [-0.39, 0.29) is 0 Å². The second kappa shape index (κ2) is 9.75. The molecule has 0 aliphatic heterocycles. The van der Waals surface area contributed by atoms with Gasteiger partial charge in [-0.1, -0.05) is 40.0 Å². The average Bonchev–Trinajstić information content (AvgIpc) is 2.91. The molecule has 20 heavy (non-hydrogen) atoms. The van der Waals surface area contributed by atoms with Crippen LogP contribution in [0.5, 0.6) is 0 Å². The molecular formula is C15H28N4S. The minimum absolute atomic E-state index is 0.496. The minimum atomic E-state index is 0.496. The molecule has 1 heterocycles. The second-order valence-corrected chi connectivity index (χ2v) is 6.18. The van der Waals surface area contributed by atoms with Gasteiger partial charge in [0.15, 0.2) is 5.96 Å². The predicted octanol–water partition coefficient (Wildman–Crippen LogP) is 3.51. The molecule has 2 N–H and O–H groups in total. The fraction of sp³-hybridized carbons (Fsp3) is 0.733. The van der Waals surface area contributed by atoms with Gasteiger partial charge in [-0.15, -0.1) is 11.3 Å². The normalized spacial score (nSPS) is 11.9. The molecule has 4 nitrogen and oxygen atoms in total. The fourth-order valence-corrected chi connectivity index (χ4v) is 2.71. The number of nitrogens with zero attached hydrogens (tertiary/aromatic N) is 2. The van der Waals surface area contributed by atoms with Crippen molar-refractivity contribution in [1.29, 1.82) is 0 Å². The number of guanidine groups is 1. The molecule has 0 unspecified atom stereocenters. The van der Waals surface area contributed by atoms with Gasteiger partial charge >= 0.3 is 0 Å². The zero-order valence-corrected chi connectivity index (χ0v) is 14.0. The highest BCUT2D eigenvalue weighted by Crippen LogP contribution is 2.17. The molecule has 0 radical (unpaired) electrons. The Morgan fingerprint density at radius 1 is 1.30 bits per heavy atom. The van der Waals surface area contributed by atoms with Crippen LogP contribution in [0.4, 0.5) is 0 Å². The number of aliphatic imine (C=N–C) groups is 1. The van der Waals surface area contributed by atoms with E-state index in [2.05, 4.69) is 46.8 Å². The van der Waals surface area contributed by atoms with Crippen LogP contribution < -0.4 is 10.6 Å². The van der Waals surface area contributed by atoms with Gasteiger partial charge in [0.05, 0.1) is 12.2 Å². The lowest BCUT2D eigenvalue weighted by molar-refractivity contribution is 0.647. The Morgan fingerprint density at radius 2 is 2.10 bits per heavy atom. The van der Waals surface area contributed by atoms with E-state index < -0.39 is 0 Å². The highest BCUT2D eigenvalue weighted by Gasteiger charge is 2.06. The molecule has 114 valence electrons. The Hall–Kier alpha value is -1.10. The second-order valence-electron chi connectivity index (χ2n) is 5.23. The van der Waals surface area contributed by atoms with Crippen LogP contribution in [0.3, 0.4) is 0 Å². The highest BCUT2D eigenvalue weighted by molar-refractivity contribution is 7.09. The van der Waals surface area contributed by atoms with E-state index in [0.717, 1.165) is 24.1 Å². The zero-order valence-electron chi connectivity index (χ0n) is 13.2. The van der Waals surface area contributed by atoms with Gasteiger partial charge in [-0.05, 0) is 12.3 Å². The van der Waals surface area contributed by atoms with Gasteiger partial charge in [0.1, 0.15) is 5.01 Å². The highest BCUT2D eigenvalue weighted by atomic mass is 32.1. The van der Waals surface area contributed by atoms with E-state index in [1.54, 1.807) is 11.3 Å². The van der Waals surface area contributed by atoms with Crippen molar-refractivity contribution in [2.24, 2.45) is 4.99 Å². The Bertz CT molecular complexity index is 398. The van der Waals surface area contributed by atoms with Crippen molar-refractivity contribution in [2.75, 3.05) is 13.6 Å². The molecule has 1 aromatic heterocycles. The standard InChI is InChI=1S/C15H28N4S/c1-5-6-7-8-9-17-15(16-4)18-10-14-19-13(11-20-14)12(2)3/h11-12H,5-10H2,1-4H3,(H2,16,17,18). The van der Waals surface area contributed by atoms with Gasteiger partial charge in [0.2, 0.25) is 0 Å². The van der Waals surface area contributed by atoms with Crippen LogP contribution in [0.15, 0.2) is 10.4 Å². The van der Waals surface area contributed by atoms with Crippen LogP contribution in [0, 0.1) is 0 Å². The number of aromatic nitrogens is 1. The van der Waals surface area contributed by atoms with E-state index in [1.165, 1.54) is 31.4 Å². The first-order valence-corrected chi connectivity index (χ1v) is 8.44. The summed E-state index contributed by atoms with van der Waals surface area (Å²) in [4.78, 5) is 8.84.